The molecule has 0 bridgehead atoms. The van der Waals surface area contributed by atoms with E-state index in [1.807, 2.05) is 0 Å². The van der Waals surface area contributed by atoms with Gasteiger partial charge in [0.1, 0.15) is 4.21 Å². The number of halogens is 1. The van der Waals surface area contributed by atoms with Crippen LogP contribution in [0, 0.1) is 0 Å². The van der Waals surface area contributed by atoms with Crippen LogP contribution in [0.4, 0.5) is 0 Å². The number of hydrogen-bond donors (Lipinski definition) is 2. The molecule has 1 aromatic carbocycles. The van der Waals surface area contributed by atoms with Gasteiger partial charge < -0.3 is 11.1 Å². The number of thiophene rings is 1. The third-order valence-corrected chi connectivity index (χ3v) is 9.03. The van der Waals surface area contributed by atoms with E-state index in [1.165, 1.54) is 11.3 Å². The fraction of sp³-hybridized carbons (Fsp3) is 0.476. The number of benzene rings is 1. The van der Waals surface area contributed by atoms with Crippen LogP contribution in [0.2, 0.25) is 5.02 Å². The van der Waals surface area contributed by atoms with Gasteiger partial charge in [-0.15, -0.1) is 11.3 Å². The summed E-state index contributed by atoms with van der Waals surface area (Å²) in [7, 11) is -3.51. The number of nitrogens with one attached hydrogen (secondary N) is 1. The second-order valence-electron chi connectivity index (χ2n) is 7.55. The number of nitrogens with zero attached hydrogens (tertiary/aromatic N) is 1. The molecule has 9 heteroatoms. The molecule has 0 unspecified atom stereocenters. The number of sulfonamides is 1. The topological polar surface area (TPSA) is 92.5 Å². The molecule has 1 aliphatic rings. The van der Waals surface area contributed by atoms with Gasteiger partial charge in [-0.1, -0.05) is 24.9 Å². The number of piperidine rings is 1. The molecule has 30 heavy (non-hydrogen) atoms. The lowest BCUT2D eigenvalue weighted by atomic mass is 10.0. The van der Waals surface area contributed by atoms with Gasteiger partial charge >= 0.3 is 0 Å². The predicted octanol–water partition coefficient (Wildman–Crippen LogP) is 3.63. The van der Waals surface area contributed by atoms with Crippen LogP contribution in [-0.4, -0.2) is 44.3 Å². The van der Waals surface area contributed by atoms with E-state index in [4.69, 9.17) is 17.3 Å². The minimum atomic E-state index is -3.51. The van der Waals surface area contributed by atoms with Crippen LogP contribution in [0.5, 0.6) is 0 Å². The van der Waals surface area contributed by atoms with E-state index in [1.54, 1.807) is 34.6 Å². The van der Waals surface area contributed by atoms with Gasteiger partial charge in [0.15, 0.2) is 0 Å². The van der Waals surface area contributed by atoms with Crippen molar-refractivity contribution in [1.29, 1.82) is 0 Å². The van der Waals surface area contributed by atoms with Gasteiger partial charge in [0, 0.05) is 41.0 Å². The zero-order chi connectivity index (χ0) is 21.7. The van der Waals surface area contributed by atoms with E-state index in [9.17, 15) is 13.2 Å². The number of carbonyl (C=O) groups is 1. The Morgan fingerprint density at radius 2 is 2.00 bits per heavy atom. The van der Waals surface area contributed by atoms with Crippen LogP contribution >= 0.6 is 22.9 Å². The Hall–Kier alpha value is -1.45. The molecule has 0 aliphatic carbocycles. The molecule has 1 fully saturated rings. The molecule has 0 saturated carbocycles. The van der Waals surface area contributed by atoms with Gasteiger partial charge in [0.05, 0.1) is 0 Å². The Balaban J connectivity index is 1.67. The summed E-state index contributed by atoms with van der Waals surface area (Å²) in [4.78, 5) is 12.5. The van der Waals surface area contributed by atoms with E-state index >= 15 is 0 Å². The molecule has 6 nitrogen and oxygen atoms in total. The SMILES string of the molecule is CCCCNC1CCN(S(=O)(=O)c2ccc(Cc3cc(Cl)ccc3C(N)=O)s2)CC1. The zero-order valence-corrected chi connectivity index (χ0v) is 19.5. The summed E-state index contributed by atoms with van der Waals surface area (Å²) in [6.45, 7) is 4.20. The van der Waals surface area contributed by atoms with Gasteiger partial charge in [-0.05, 0) is 61.7 Å². The van der Waals surface area contributed by atoms with Gasteiger partial charge in [-0.2, -0.15) is 4.31 Å². The van der Waals surface area contributed by atoms with E-state index in [2.05, 4.69) is 12.2 Å². The Morgan fingerprint density at radius 1 is 1.27 bits per heavy atom. The van der Waals surface area contributed by atoms with Crippen molar-refractivity contribution in [2.75, 3.05) is 19.6 Å². The second-order valence-corrected chi connectivity index (χ2v) is 11.3. The molecule has 2 aromatic rings. The van der Waals surface area contributed by atoms with Crippen molar-refractivity contribution in [3.63, 3.8) is 0 Å². The monoisotopic (exact) mass is 469 g/mol. The van der Waals surface area contributed by atoms with Crippen molar-refractivity contribution < 1.29 is 13.2 Å². The summed E-state index contributed by atoms with van der Waals surface area (Å²) >= 11 is 7.29. The summed E-state index contributed by atoms with van der Waals surface area (Å²) in [6, 6.07) is 8.75. The molecule has 0 atom stereocenters. The number of carbonyl (C=O) groups excluding carboxylic acids is 1. The molecule has 3 rings (SSSR count). The fourth-order valence-electron chi connectivity index (χ4n) is 3.64. The molecule has 1 saturated heterocycles. The third-order valence-electron chi connectivity index (χ3n) is 5.35. The third kappa shape index (κ3) is 5.62. The average molecular weight is 470 g/mol. The van der Waals surface area contributed by atoms with Crippen molar-refractivity contribution >= 4 is 38.9 Å². The van der Waals surface area contributed by atoms with Crippen LogP contribution in [0.3, 0.4) is 0 Å². The number of rotatable bonds is 9. The summed E-state index contributed by atoms with van der Waals surface area (Å²) in [5.74, 6) is -0.526. The van der Waals surface area contributed by atoms with Crippen LogP contribution in [-0.2, 0) is 16.4 Å². The molecular formula is C21H28ClN3O3S2. The molecule has 1 aliphatic heterocycles. The highest BCUT2D eigenvalue weighted by Gasteiger charge is 2.30. The van der Waals surface area contributed by atoms with Crippen molar-refractivity contribution in [3.05, 3.63) is 51.4 Å². The fourth-order valence-corrected chi connectivity index (χ4v) is 6.84. The van der Waals surface area contributed by atoms with Crippen molar-refractivity contribution in [2.45, 2.75) is 49.3 Å². The zero-order valence-electron chi connectivity index (χ0n) is 17.1. The van der Waals surface area contributed by atoms with Crippen LogP contribution in [0.25, 0.3) is 0 Å². The number of hydrogen-bond acceptors (Lipinski definition) is 5. The Bertz CT molecular complexity index is 983. The van der Waals surface area contributed by atoms with Crippen LogP contribution < -0.4 is 11.1 Å². The lowest BCUT2D eigenvalue weighted by molar-refractivity contribution is 0.0999. The molecule has 0 radical (unpaired) electrons. The smallest absolute Gasteiger partial charge is 0.252 e. The average Bonchev–Trinajstić information content (AvgIpc) is 3.18. The maximum atomic E-state index is 13.1. The lowest BCUT2D eigenvalue weighted by Gasteiger charge is -2.31. The summed E-state index contributed by atoms with van der Waals surface area (Å²) in [5, 5.41) is 4.03. The largest absolute Gasteiger partial charge is 0.366 e. The first-order valence-corrected chi connectivity index (χ1v) is 12.8. The highest BCUT2D eigenvalue weighted by molar-refractivity contribution is 7.91. The molecule has 1 amide bonds. The number of unbranched alkanes of at least 4 members (excludes halogenated alkanes) is 1. The van der Waals surface area contributed by atoms with Gasteiger partial charge in [0.25, 0.3) is 10.0 Å². The highest BCUT2D eigenvalue weighted by atomic mass is 35.5. The Kier molecular flexibility index (Phi) is 7.92. The Labute approximate surface area is 187 Å². The normalized spacial score (nSPS) is 16.1. The first-order valence-electron chi connectivity index (χ1n) is 10.2. The maximum Gasteiger partial charge on any atom is 0.252 e. The van der Waals surface area contributed by atoms with Crippen LogP contribution in [0.15, 0.2) is 34.5 Å². The standard InChI is InChI=1S/C21H28ClN3O3S2/c1-2-3-10-24-17-8-11-25(12-9-17)30(27,28)20-7-5-18(29-20)14-15-13-16(22)4-6-19(15)21(23)26/h4-7,13,17,24H,2-3,8-12,14H2,1H3,(H2,23,26). The van der Waals surface area contributed by atoms with E-state index in [-0.39, 0.29) is 0 Å². The van der Waals surface area contributed by atoms with Gasteiger partial charge in [0.2, 0.25) is 5.91 Å². The van der Waals surface area contributed by atoms with E-state index in [0.717, 1.165) is 37.1 Å². The molecule has 1 aromatic heterocycles. The molecular weight excluding hydrogens is 442 g/mol. The maximum absolute atomic E-state index is 13.1. The summed E-state index contributed by atoms with van der Waals surface area (Å²) in [5.41, 5.74) is 6.55. The highest BCUT2D eigenvalue weighted by Crippen LogP contribution is 2.29. The van der Waals surface area contributed by atoms with Crippen molar-refractivity contribution in [2.24, 2.45) is 5.73 Å². The second kappa shape index (κ2) is 10.2. The van der Waals surface area contributed by atoms with Crippen molar-refractivity contribution in [3.8, 4) is 0 Å². The minimum absolute atomic E-state index is 0.331. The van der Waals surface area contributed by atoms with Crippen LogP contribution in [0.1, 0.15) is 53.4 Å². The summed E-state index contributed by atoms with van der Waals surface area (Å²) < 4.78 is 28.0. The number of amides is 1. The Morgan fingerprint density at radius 3 is 2.67 bits per heavy atom. The van der Waals surface area contributed by atoms with E-state index < -0.39 is 15.9 Å². The molecule has 0 spiro atoms. The molecule has 164 valence electrons. The lowest BCUT2D eigenvalue weighted by Crippen LogP contribution is -2.44. The van der Waals surface area contributed by atoms with Crippen molar-refractivity contribution in [1.82, 2.24) is 9.62 Å². The quantitative estimate of drug-likeness (QED) is 0.548. The first-order chi connectivity index (χ1) is 14.3. The number of primary amides is 1. The van der Waals surface area contributed by atoms with Gasteiger partial charge in [-0.25, -0.2) is 8.42 Å². The molecule has 3 N–H and O–H groups in total. The number of nitrogens with two attached hydrogens (primary N) is 1. The predicted molar refractivity (Wildman–Crippen MR) is 122 cm³/mol. The minimum Gasteiger partial charge on any atom is -0.366 e. The van der Waals surface area contributed by atoms with Gasteiger partial charge in [-0.3, -0.25) is 4.79 Å². The van der Waals surface area contributed by atoms with E-state index in [0.29, 0.717) is 45.9 Å². The molecule has 2 heterocycles. The summed E-state index contributed by atoms with van der Waals surface area (Å²) in [6.07, 6.45) is 4.34. The first kappa shape index (κ1) is 23.2.